The van der Waals surface area contributed by atoms with Crippen LogP contribution in [0.5, 0.6) is 5.75 Å². The number of likely N-dealkylation sites (N-methyl/N-ethyl adjacent to an activating group) is 1. The third kappa shape index (κ3) is 3.30. The molecule has 0 saturated heterocycles. The lowest BCUT2D eigenvalue weighted by molar-refractivity contribution is -0.137. The zero-order valence-electron chi connectivity index (χ0n) is 16.7. The molecule has 1 unspecified atom stereocenters. The van der Waals surface area contributed by atoms with Crippen molar-refractivity contribution in [1.82, 2.24) is 4.57 Å². The molecule has 31 heavy (non-hydrogen) atoms. The van der Waals surface area contributed by atoms with Crippen LogP contribution in [0.4, 0.5) is 18.9 Å². The van der Waals surface area contributed by atoms with Crippen molar-refractivity contribution in [3.63, 3.8) is 0 Å². The van der Waals surface area contributed by atoms with Gasteiger partial charge in [0, 0.05) is 12.4 Å². The van der Waals surface area contributed by atoms with Crippen LogP contribution >= 0.6 is 0 Å². The summed E-state index contributed by atoms with van der Waals surface area (Å²) in [6.45, 7) is 1.71. The Morgan fingerprint density at radius 3 is 2.48 bits per heavy atom. The van der Waals surface area contributed by atoms with Crippen LogP contribution in [0.15, 0.2) is 47.3 Å². The lowest BCUT2D eigenvalue weighted by Crippen LogP contribution is -2.39. The van der Waals surface area contributed by atoms with Gasteiger partial charge in [0.1, 0.15) is 5.75 Å². The van der Waals surface area contributed by atoms with E-state index in [1.165, 1.54) is 16.7 Å². The average molecular weight is 432 g/mol. The van der Waals surface area contributed by atoms with Crippen molar-refractivity contribution in [2.24, 2.45) is 0 Å². The second-order valence-electron chi connectivity index (χ2n) is 7.28. The quantitative estimate of drug-likeness (QED) is 0.632. The number of carbonyl (C=O) groups is 1. The largest absolute Gasteiger partial charge is 0.506 e. The van der Waals surface area contributed by atoms with Crippen LogP contribution in [0.25, 0.3) is 10.9 Å². The molecule has 1 N–H and O–H groups in total. The highest BCUT2D eigenvalue weighted by molar-refractivity contribution is 6.03. The Balaban J connectivity index is 1.88. The van der Waals surface area contributed by atoms with E-state index in [-0.39, 0.29) is 13.2 Å². The smallest absolute Gasteiger partial charge is 0.416 e. The van der Waals surface area contributed by atoms with Gasteiger partial charge in [0.25, 0.3) is 5.56 Å². The Morgan fingerprint density at radius 1 is 1.19 bits per heavy atom. The zero-order valence-corrected chi connectivity index (χ0v) is 16.7. The first-order valence-corrected chi connectivity index (χ1v) is 9.60. The number of anilines is 1. The van der Waals surface area contributed by atoms with E-state index in [1.54, 1.807) is 32.2 Å². The molecule has 2 heterocycles. The maximum absolute atomic E-state index is 13.1. The predicted octanol–water partition coefficient (Wildman–Crippen LogP) is 4.09. The molecule has 9 heteroatoms. The van der Waals surface area contributed by atoms with Crippen molar-refractivity contribution in [2.45, 2.75) is 25.7 Å². The van der Waals surface area contributed by atoms with Gasteiger partial charge < -0.3 is 19.3 Å². The molecule has 0 amide bonds. The summed E-state index contributed by atoms with van der Waals surface area (Å²) >= 11 is 0. The number of hydrogen-bond acceptors (Lipinski definition) is 5. The number of ether oxygens (including phenoxy) is 1. The van der Waals surface area contributed by atoms with E-state index < -0.39 is 40.6 Å². The van der Waals surface area contributed by atoms with Gasteiger partial charge in [0.2, 0.25) is 0 Å². The highest BCUT2D eigenvalue weighted by Crippen LogP contribution is 2.40. The lowest BCUT2D eigenvalue weighted by Gasteiger charge is -2.37. The van der Waals surface area contributed by atoms with Gasteiger partial charge in [0.05, 0.1) is 36.0 Å². The van der Waals surface area contributed by atoms with Gasteiger partial charge in [-0.15, -0.1) is 0 Å². The molecule has 0 bridgehead atoms. The van der Waals surface area contributed by atoms with Gasteiger partial charge in [-0.3, -0.25) is 4.79 Å². The fourth-order valence-corrected chi connectivity index (χ4v) is 4.01. The highest BCUT2D eigenvalue weighted by atomic mass is 19.4. The summed E-state index contributed by atoms with van der Waals surface area (Å²) in [6, 6.07) is 9.33. The van der Waals surface area contributed by atoms with Crippen LogP contribution in [-0.4, -0.2) is 29.3 Å². The van der Waals surface area contributed by atoms with E-state index in [9.17, 15) is 27.9 Å². The number of pyridine rings is 1. The number of rotatable bonds is 3. The summed E-state index contributed by atoms with van der Waals surface area (Å²) in [6.07, 6.45) is -4.45. The molecule has 0 fully saturated rings. The number of benzene rings is 2. The molecular weight excluding hydrogens is 413 g/mol. The van der Waals surface area contributed by atoms with E-state index in [0.717, 1.165) is 12.1 Å². The fraction of sp³-hybridized carbons (Fsp3) is 0.273. The molecule has 0 spiro atoms. The van der Waals surface area contributed by atoms with Crippen LogP contribution in [0.2, 0.25) is 0 Å². The standard InChI is InChI=1S/C22H19F3N2O4/c1-3-31-21(30)17-19(28)14-5-4-6-15-18(14)27(20(17)29)11-16(26(15)2)12-7-9-13(10-8-12)22(23,24)25/h4-10,16,28H,3,11H2,1-2H3. The van der Waals surface area contributed by atoms with E-state index in [0.29, 0.717) is 22.2 Å². The van der Waals surface area contributed by atoms with Crippen LogP contribution in [0.3, 0.4) is 0 Å². The van der Waals surface area contributed by atoms with E-state index >= 15 is 0 Å². The Kier molecular flexibility index (Phi) is 4.91. The number of carbonyl (C=O) groups excluding carboxylic acids is 1. The highest BCUT2D eigenvalue weighted by Gasteiger charge is 2.33. The van der Waals surface area contributed by atoms with Crippen molar-refractivity contribution in [3.05, 3.63) is 69.5 Å². The minimum Gasteiger partial charge on any atom is -0.506 e. The Bertz CT molecular complexity index is 1230. The van der Waals surface area contributed by atoms with E-state index in [2.05, 4.69) is 0 Å². The molecule has 0 aliphatic carbocycles. The van der Waals surface area contributed by atoms with E-state index in [4.69, 9.17) is 4.74 Å². The number of alkyl halides is 3. The molecule has 6 nitrogen and oxygen atoms in total. The molecule has 2 aromatic carbocycles. The van der Waals surface area contributed by atoms with Gasteiger partial charge in [-0.25, -0.2) is 4.79 Å². The zero-order chi connectivity index (χ0) is 22.5. The van der Waals surface area contributed by atoms with Crippen molar-refractivity contribution >= 4 is 22.6 Å². The average Bonchev–Trinajstić information content (AvgIpc) is 2.73. The number of halogens is 3. The van der Waals surface area contributed by atoms with E-state index in [1.807, 2.05) is 4.90 Å². The second kappa shape index (κ2) is 7.33. The summed E-state index contributed by atoms with van der Waals surface area (Å²) in [7, 11) is 1.77. The van der Waals surface area contributed by atoms with Crippen LogP contribution in [-0.2, 0) is 17.5 Å². The molecule has 3 aromatic rings. The second-order valence-corrected chi connectivity index (χ2v) is 7.28. The fourth-order valence-electron chi connectivity index (χ4n) is 4.01. The summed E-state index contributed by atoms with van der Waals surface area (Å²) in [5.74, 6) is -1.37. The molecule has 1 aromatic heterocycles. The number of para-hydroxylation sites is 1. The first-order chi connectivity index (χ1) is 14.6. The van der Waals surface area contributed by atoms with Gasteiger partial charge in [-0.1, -0.05) is 18.2 Å². The van der Waals surface area contributed by atoms with Crippen molar-refractivity contribution in [1.29, 1.82) is 0 Å². The maximum atomic E-state index is 13.1. The molecule has 0 saturated carbocycles. The van der Waals surface area contributed by atoms with Crippen molar-refractivity contribution < 1.29 is 27.8 Å². The molecule has 1 atom stereocenters. The normalized spacial score (nSPS) is 15.9. The molecule has 1 aliphatic heterocycles. The van der Waals surface area contributed by atoms with Crippen molar-refractivity contribution in [3.8, 4) is 5.75 Å². The number of aromatic hydroxyl groups is 1. The SMILES string of the molecule is CCOC(=O)c1c(O)c2cccc3c2n(c1=O)CC(c1ccc(C(F)(F)F)cc1)N3C. The van der Waals surface area contributed by atoms with Gasteiger partial charge >= 0.3 is 12.1 Å². The van der Waals surface area contributed by atoms with Gasteiger partial charge in [-0.2, -0.15) is 13.2 Å². The Labute approximate surface area is 175 Å². The summed E-state index contributed by atoms with van der Waals surface area (Å²) < 4.78 is 45.1. The minimum atomic E-state index is -4.45. The Morgan fingerprint density at radius 2 is 1.87 bits per heavy atom. The third-order valence-electron chi connectivity index (χ3n) is 5.54. The minimum absolute atomic E-state index is 0.0344. The molecule has 1 aliphatic rings. The first kappa shape index (κ1) is 20.8. The van der Waals surface area contributed by atoms with Gasteiger partial charge in [0.15, 0.2) is 5.56 Å². The monoisotopic (exact) mass is 432 g/mol. The number of nitrogens with zero attached hydrogens (tertiary/aromatic N) is 2. The number of aromatic nitrogens is 1. The Hall–Kier alpha value is -3.49. The number of esters is 1. The molecule has 4 rings (SSSR count). The topological polar surface area (TPSA) is 71.8 Å². The molecule has 162 valence electrons. The summed E-state index contributed by atoms with van der Waals surface area (Å²) in [5, 5.41) is 11.0. The van der Waals surface area contributed by atoms with Crippen LogP contribution in [0, 0.1) is 0 Å². The maximum Gasteiger partial charge on any atom is 0.416 e. The van der Waals surface area contributed by atoms with Crippen molar-refractivity contribution in [2.75, 3.05) is 18.6 Å². The van der Waals surface area contributed by atoms with Crippen LogP contribution in [0.1, 0.15) is 34.5 Å². The third-order valence-corrected chi connectivity index (χ3v) is 5.54. The lowest BCUT2D eigenvalue weighted by atomic mass is 9.98. The summed E-state index contributed by atoms with van der Waals surface area (Å²) in [5.41, 5.74) is -0.289. The first-order valence-electron chi connectivity index (χ1n) is 9.60. The van der Waals surface area contributed by atoms with Crippen LogP contribution < -0.4 is 10.5 Å². The molecular formula is C22H19F3N2O4. The predicted molar refractivity (Wildman–Crippen MR) is 108 cm³/mol. The number of hydrogen-bond donors (Lipinski definition) is 1. The van der Waals surface area contributed by atoms with Gasteiger partial charge in [-0.05, 0) is 36.8 Å². The summed E-state index contributed by atoms with van der Waals surface area (Å²) in [4.78, 5) is 27.3. The molecule has 0 radical (unpaired) electrons.